The van der Waals surface area contributed by atoms with Crippen molar-refractivity contribution in [3.8, 4) is 5.82 Å². The Bertz CT molecular complexity index is 562. The molecule has 0 N–H and O–H groups in total. The summed E-state index contributed by atoms with van der Waals surface area (Å²) in [6.07, 6.45) is 2.96. The molecule has 0 fully saturated rings. The Labute approximate surface area is 109 Å². The van der Waals surface area contributed by atoms with E-state index in [4.69, 9.17) is 16.3 Å². The molecule has 0 amide bonds. The van der Waals surface area contributed by atoms with E-state index in [2.05, 4.69) is 15.1 Å². The van der Waals surface area contributed by atoms with Crippen LogP contribution in [0.25, 0.3) is 5.82 Å². The molecule has 2 aromatic heterocycles. The van der Waals surface area contributed by atoms with E-state index in [1.165, 1.54) is 17.1 Å². The van der Waals surface area contributed by atoms with Gasteiger partial charge in [0, 0.05) is 12.3 Å². The number of hydrogen-bond donors (Lipinski definition) is 0. The Kier molecular flexibility index (Phi) is 3.57. The number of rotatable bonds is 3. The van der Waals surface area contributed by atoms with Crippen molar-refractivity contribution in [2.45, 2.75) is 13.8 Å². The first-order chi connectivity index (χ1) is 8.60. The van der Waals surface area contributed by atoms with Crippen molar-refractivity contribution in [2.24, 2.45) is 0 Å². The average molecular weight is 267 g/mol. The summed E-state index contributed by atoms with van der Waals surface area (Å²) in [4.78, 5) is 19.6. The summed E-state index contributed by atoms with van der Waals surface area (Å²) < 4.78 is 6.32. The van der Waals surface area contributed by atoms with Crippen LogP contribution < -0.4 is 0 Å². The molecule has 0 saturated heterocycles. The number of nitrogens with zero attached hydrogens (tertiary/aromatic N) is 4. The van der Waals surface area contributed by atoms with Crippen LogP contribution in [-0.4, -0.2) is 32.3 Å². The third-order valence-corrected chi connectivity index (χ3v) is 2.32. The van der Waals surface area contributed by atoms with Gasteiger partial charge in [0.15, 0.2) is 5.82 Å². The highest BCUT2D eigenvalue weighted by atomic mass is 35.5. The summed E-state index contributed by atoms with van der Waals surface area (Å²) in [5.74, 6) is 0.620. The van der Waals surface area contributed by atoms with E-state index < -0.39 is 5.97 Å². The number of carbonyl (C=O) groups is 1. The van der Waals surface area contributed by atoms with Gasteiger partial charge in [-0.2, -0.15) is 5.10 Å². The van der Waals surface area contributed by atoms with Crippen molar-refractivity contribution in [3.63, 3.8) is 0 Å². The minimum Gasteiger partial charge on any atom is -0.462 e. The summed E-state index contributed by atoms with van der Waals surface area (Å²) in [7, 11) is 0. The average Bonchev–Trinajstić information content (AvgIpc) is 2.77. The molecule has 0 saturated carbocycles. The van der Waals surface area contributed by atoms with Crippen LogP contribution >= 0.6 is 11.6 Å². The lowest BCUT2D eigenvalue weighted by Gasteiger charge is -2.01. The molecule has 0 aliphatic heterocycles. The van der Waals surface area contributed by atoms with Gasteiger partial charge in [0.05, 0.1) is 18.4 Å². The molecule has 7 heteroatoms. The third kappa shape index (κ3) is 2.65. The first-order valence-corrected chi connectivity index (χ1v) is 5.71. The van der Waals surface area contributed by atoms with E-state index in [-0.39, 0.29) is 0 Å². The Balaban J connectivity index is 2.32. The van der Waals surface area contributed by atoms with E-state index >= 15 is 0 Å². The summed E-state index contributed by atoms with van der Waals surface area (Å²) in [6.45, 7) is 3.80. The van der Waals surface area contributed by atoms with Crippen LogP contribution in [-0.2, 0) is 4.74 Å². The summed E-state index contributed by atoms with van der Waals surface area (Å²) >= 11 is 5.84. The molecule has 0 aromatic carbocycles. The van der Waals surface area contributed by atoms with Crippen molar-refractivity contribution in [1.82, 2.24) is 19.7 Å². The van der Waals surface area contributed by atoms with E-state index in [9.17, 15) is 4.79 Å². The maximum Gasteiger partial charge on any atom is 0.341 e. The zero-order chi connectivity index (χ0) is 13.1. The lowest BCUT2D eigenvalue weighted by molar-refractivity contribution is 0.0526. The number of hydrogen-bond acceptors (Lipinski definition) is 5. The van der Waals surface area contributed by atoms with Gasteiger partial charge < -0.3 is 4.74 Å². The fourth-order valence-electron chi connectivity index (χ4n) is 1.40. The highest BCUT2D eigenvalue weighted by Gasteiger charge is 2.11. The van der Waals surface area contributed by atoms with Crippen molar-refractivity contribution < 1.29 is 9.53 Å². The minimum absolute atomic E-state index is 0.322. The number of aryl methyl sites for hydroxylation is 1. The van der Waals surface area contributed by atoms with Gasteiger partial charge in [-0.1, -0.05) is 11.6 Å². The van der Waals surface area contributed by atoms with Gasteiger partial charge in [0.25, 0.3) is 0 Å². The van der Waals surface area contributed by atoms with E-state index in [1.807, 2.05) is 0 Å². The molecule has 18 heavy (non-hydrogen) atoms. The fourth-order valence-corrected chi connectivity index (χ4v) is 1.62. The Hall–Kier alpha value is -1.95. The van der Waals surface area contributed by atoms with Crippen LogP contribution in [0.3, 0.4) is 0 Å². The molecule has 0 atom stereocenters. The molecule has 0 aliphatic carbocycles. The molecule has 0 spiro atoms. The van der Waals surface area contributed by atoms with Gasteiger partial charge in [-0.3, -0.25) is 0 Å². The molecule has 0 unspecified atom stereocenters. The van der Waals surface area contributed by atoms with Crippen molar-refractivity contribution >= 4 is 17.6 Å². The second kappa shape index (κ2) is 5.14. The Morgan fingerprint density at radius 3 is 2.94 bits per heavy atom. The molecule has 2 heterocycles. The number of ether oxygens (including phenoxy) is 1. The normalized spacial score (nSPS) is 10.4. The van der Waals surface area contributed by atoms with Crippen molar-refractivity contribution in [2.75, 3.05) is 6.61 Å². The predicted molar refractivity (Wildman–Crippen MR) is 64.9 cm³/mol. The number of esters is 1. The molecule has 2 aromatic rings. The van der Waals surface area contributed by atoms with E-state index in [0.29, 0.717) is 29.0 Å². The number of carbonyl (C=O) groups excluding carboxylic acids is 1. The third-order valence-electron chi connectivity index (χ3n) is 2.12. The lowest BCUT2D eigenvalue weighted by atomic mass is 10.4. The van der Waals surface area contributed by atoms with Gasteiger partial charge >= 0.3 is 5.97 Å². The lowest BCUT2D eigenvalue weighted by Crippen LogP contribution is -2.04. The predicted octanol–water partition coefficient (Wildman–Crippen LogP) is 1.80. The zero-order valence-corrected chi connectivity index (χ0v) is 10.7. The smallest absolute Gasteiger partial charge is 0.341 e. The molecular weight excluding hydrogens is 256 g/mol. The summed E-state index contributed by atoms with van der Waals surface area (Å²) in [5, 5.41) is 4.36. The Morgan fingerprint density at radius 1 is 1.50 bits per heavy atom. The molecule has 94 valence electrons. The van der Waals surface area contributed by atoms with Crippen molar-refractivity contribution in [3.05, 3.63) is 35.0 Å². The first kappa shape index (κ1) is 12.5. The van der Waals surface area contributed by atoms with E-state index in [0.717, 1.165) is 0 Å². The molecule has 0 bridgehead atoms. The van der Waals surface area contributed by atoms with Gasteiger partial charge in [-0.05, 0) is 13.8 Å². The van der Waals surface area contributed by atoms with Gasteiger partial charge in [-0.25, -0.2) is 19.4 Å². The number of aromatic nitrogens is 4. The standard InChI is InChI=1S/C11H11ClN4O2/c1-3-18-11(17)8-5-13-16(6-8)10-4-9(12)14-7(2)15-10/h4-6H,3H2,1-2H3. The SMILES string of the molecule is CCOC(=O)c1cnn(-c2cc(Cl)nc(C)n2)c1. The molecule has 0 radical (unpaired) electrons. The molecule has 6 nitrogen and oxygen atoms in total. The molecule has 0 aliphatic rings. The van der Waals surface area contributed by atoms with Crippen LogP contribution in [0.2, 0.25) is 5.15 Å². The second-order valence-electron chi connectivity index (χ2n) is 3.49. The first-order valence-electron chi connectivity index (χ1n) is 5.33. The van der Waals surface area contributed by atoms with Crippen LogP contribution in [0.4, 0.5) is 0 Å². The van der Waals surface area contributed by atoms with Crippen LogP contribution in [0.5, 0.6) is 0 Å². The summed E-state index contributed by atoms with van der Waals surface area (Å²) in [5.41, 5.74) is 0.365. The second-order valence-corrected chi connectivity index (χ2v) is 3.88. The minimum atomic E-state index is -0.416. The van der Waals surface area contributed by atoms with Gasteiger partial charge in [0.2, 0.25) is 0 Å². The molecular formula is C11H11ClN4O2. The monoisotopic (exact) mass is 266 g/mol. The Morgan fingerprint density at radius 2 is 2.28 bits per heavy atom. The molecule has 2 rings (SSSR count). The van der Waals surface area contributed by atoms with Crippen LogP contribution in [0, 0.1) is 6.92 Å². The highest BCUT2D eigenvalue weighted by Crippen LogP contribution is 2.11. The quantitative estimate of drug-likeness (QED) is 0.626. The maximum atomic E-state index is 11.5. The van der Waals surface area contributed by atoms with Crippen LogP contribution in [0.1, 0.15) is 23.1 Å². The van der Waals surface area contributed by atoms with Gasteiger partial charge in [-0.15, -0.1) is 0 Å². The zero-order valence-electron chi connectivity index (χ0n) is 9.92. The topological polar surface area (TPSA) is 69.9 Å². The number of halogens is 1. The van der Waals surface area contributed by atoms with Gasteiger partial charge in [0.1, 0.15) is 11.0 Å². The summed E-state index contributed by atoms with van der Waals surface area (Å²) in [6, 6.07) is 1.57. The van der Waals surface area contributed by atoms with Crippen molar-refractivity contribution in [1.29, 1.82) is 0 Å². The van der Waals surface area contributed by atoms with E-state index in [1.54, 1.807) is 19.9 Å². The fraction of sp³-hybridized carbons (Fsp3) is 0.273. The highest BCUT2D eigenvalue weighted by molar-refractivity contribution is 6.29. The van der Waals surface area contributed by atoms with Crippen LogP contribution in [0.15, 0.2) is 18.5 Å². The largest absolute Gasteiger partial charge is 0.462 e. The maximum absolute atomic E-state index is 11.5.